The van der Waals surface area contributed by atoms with Gasteiger partial charge in [0.1, 0.15) is 29.6 Å². The molecular weight excluding hydrogens is 472 g/mol. The maximum atomic E-state index is 13.4. The Morgan fingerprint density at radius 2 is 1.54 bits per heavy atom. The number of nitrogens with one attached hydrogen (secondary N) is 1. The molecule has 35 heavy (non-hydrogen) atoms. The lowest BCUT2D eigenvalue weighted by molar-refractivity contribution is -0.127. The number of anilines is 1. The summed E-state index contributed by atoms with van der Waals surface area (Å²) >= 11 is 0. The van der Waals surface area contributed by atoms with Gasteiger partial charge in [-0.15, -0.1) is 0 Å². The van der Waals surface area contributed by atoms with Gasteiger partial charge in [-0.3, -0.25) is 9.10 Å². The number of rotatable bonds is 9. The van der Waals surface area contributed by atoms with E-state index in [-0.39, 0.29) is 24.6 Å². The molecule has 0 bridgehead atoms. The van der Waals surface area contributed by atoms with Crippen LogP contribution in [-0.4, -0.2) is 54.3 Å². The summed E-state index contributed by atoms with van der Waals surface area (Å²) in [4.78, 5) is 12.9. The Kier molecular flexibility index (Phi) is 7.31. The Labute approximate surface area is 204 Å². The van der Waals surface area contributed by atoms with Crippen LogP contribution < -0.4 is 28.6 Å². The smallest absolute Gasteiger partial charge is 0.264 e. The maximum absolute atomic E-state index is 13.4. The zero-order valence-electron chi connectivity index (χ0n) is 19.3. The Hall–Kier alpha value is -3.92. The molecule has 1 amide bonds. The molecule has 3 aromatic rings. The third-order valence-corrected chi connectivity index (χ3v) is 7.20. The predicted molar refractivity (Wildman–Crippen MR) is 130 cm³/mol. The van der Waals surface area contributed by atoms with Crippen molar-refractivity contribution < 1.29 is 32.2 Å². The molecule has 1 N–H and O–H groups in total. The summed E-state index contributed by atoms with van der Waals surface area (Å²) in [5.74, 6) is 1.77. The first kappa shape index (κ1) is 24.2. The fourth-order valence-electron chi connectivity index (χ4n) is 3.57. The van der Waals surface area contributed by atoms with E-state index in [0.29, 0.717) is 22.9 Å². The van der Waals surface area contributed by atoms with Crippen molar-refractivity contribution in [3.63, 3.8) is 0 Å². The van der Waals surface area contributed by atoms with Gasteiger partial charge >= 0.3 is 0 Å². The summed E-state index contributed by atoms with van der Waals surface area (Å²) < 4.78 is 49.8. The molecule has 1 aliphatic rings. The molecule has 0 aliphatic carbocycles. The highest BCUT2D eigenvalue weighted by atomic mass is 32.2. The Morgan fingerprint density at radius 1 is 0.943 bits per heavy atom. The van der Waals surface area contributed by atoms with E-state index in [1.165, 1.54) is 23.5 Å². The van der Waals surface area contributed by atoms with E-state index in [0.717, 1.165) is 5.75 Å². The van der Waals surface area contributed by atoms with Crippen molar-refractivity contribution in [1.82, 2.24) is 5.32 Å². The van der Waals surface area contributed by atoms with Gasteiger partial charge in [0.05, 0.1) is 37.9 Å². The molecule has 0 fully saturated rings. The topological polar surface area (TPSA) is 103 Å². The summed E-state index contributed by atoms with van der Waals surface area (Å²) in [6.07, 6.45) is -1.03. The van der Waals surface area contributed by atoms with Gasteiger partial charge in [-0.1, -0.05) is 12.1 Å². The molecule has 3 aromatic carbocycles. The number of sulfonamides is 1. The van der Waals surface area contributed by atoms with Gasteiger partial charge in [0, 0.05) is 0 Å². The average Bonchev–Trinajstić information content (AvgIpc) is 2.90. The summed E-state index contributed by atoms with van der Waals surface area (Å²) in [5, 5.41) is 2.75. The normalized spacial score (nSPS) is 14.9. The number of amides is 1. The van der Waals surface area contributed by atoms with Crippen LogP contribution in [0.1, 0.15) is 0 Å². The molecule has 10 heteroatoms. The number of hydrogen-bond acceptors (Lipinski definition) is 7. The molecule has 1 heterocycles. The summed E-state index contributed by atoms with van der Waals surface area (Å²) in [6, 6.07) is 19.9. The molecule has 1 aliphatic heterocycles. The number of ether oxygens (including phenoxy) is 4. The van der Waals surface area contributed by atoms with Crippen LogP contribution >= 0.6 is 0 Å². The maximum Gasteiger partial charge on any atom is 0.264 e. The van der Waals surface area contributed by atoms with E-state index in [4.69, 9.17) is 18.9 Å². The number of carbonyl (C=O) groups is 1. The van der Waals surface area contributed by atoms with E-state index in [1.807, 2.05) is 0 Å². The lowest BCUT2D eigenvalue weighted by Gasteiger charge is -2.34. The van der Waals surface area contributed by atoms with Crippen LogP contribution in [-0.2, 0) is 14.8 Å². The van der Waals surface area contributed by atoms with Crippen molar-refractivity contribution >= 4 is 21.6 Å². The Bertz CT molecular complexity index is 1260. The first-order valence-corrected chi connectivity index (χ1v) is 12.3. The van der Waals surface area contributed by atoms with Crippen molar-refractivity contribution in [2.45, 2.75) is 11.0 Å². The molecule has 0 unspecified atom stereocenters. The van der Waals surface area contributed by atoms with E-state index in [1.54, 1.807) is 67.8 Å². The lowest BCUT2D eigenvalue weighted by Crippen LogP contribution is -2.51. The van der Waals surface area contributed by atoms with Gasteiger partial charge in [-0.2, -0.15) is 0 Å². The highest BCUT2D eigenvalue weighted by molar-refractivity contribution is 7.92. The Balaban J connectivity index is 1.44. The fourth-order valence-corrected chi connectivity index (χ4v) is 5.05. The van der Waals surface area contributed by atoms with E-state index >= 15 is 0 Å². The first-order chi connectivity index (χ1) is 16.9. The number of hydrogen-bond donors (Lipinski definition) is 1. The van der Waals surface area contributed by atoms with Gasteiger partial charge in [-0.05, 0) is 60.7 Å². The summed E-state index contributed by atoms with van der Waals surface area (Å²) in [6.45, 7) is 0.281. The average molecular weight is 499 g/mol. The quantitative estimate of drug-likeness (QED) is 0.453. The third kappa shape index (κ3) is 5.43. The second-order valence-electron chi connectivity index (χ2n) is 7.60. The molecule has 4 rings (SSSR count). The molecule has 0 saturated carbocycles. The summed E-state index contributed by atoms with van der Waals surface area (Å²) in [5.41, 5.74) is 0.371. The fraction of sp³-hybridized carbons (Fsp3) is 0.240. The predicted octanol–water partition coefficient (Wildman–Crippen LogP) is 2.86. The van der Waals surface area contributed by atoms with Crippen LogP contribution in [0.2, 0.25) is 0 Å². The number of nitrogens with zero attached hydrogens (tertiary/aromatic N) is 1. The molecular formula is C25H26N2O7S. The highest BCUT2D eigenvalue weighted by Gasteiger charge is 2.37. The highest BCUT2D eigenvalue weighted by Crippen LogP contribution is 2.37. The molecule has 0 aromatic heterocycles. The van der Waals surface area contributed by atoms with Gasteiger partial charge in [0.2, 0.25) is 0 Å². The minimum absolute atomic E-state index is 0.0852. The minimum atomic E-state index is -3.95. The van der Waals surface area contributed by atoms with E-state index in [2.05, 4.69) is 5.32 Å². The standard InChI is InChI=1S/C25H26N2O7S/c1-31-18-7-9-20(10-8-18)33-16-15-26-25(28)24-17-27(22-5-3-4-6-23(22)34-24)35(29,30)21-13-11-19(32-2)12-14-21/h3-14,24H,15-17H2,1-2H3,(H,26,28)/t24-/m0/s1. The number of methoxy groups -OCH3 is 2. The van der Waals surface area contributed by atoms with Crippen molar-refractivity contribution in [2.75, 3.05) is 38.2 Å². The molecule has 0 saturated heterocycles. The largest absolute Gasteiger partial charge is 0.497 e. The zero-order valence-corrected chi connectivity index (χ0v) is 20.2. The van der Waals surface area contributed by atoms with Crippen molar-refractivity contribution in [3.05, 3.63) is 72.8 Å². The van der Waals surface area contributed by atoms with Crippen LogP contribution in [0.3, 0.4) is 0 Å². The first-order valence-electron chi connectivity index (χ1n) is 10.9. The molecule has 184 valence electrons. The Morgan fingerprint density at radius 3 is 2.20 bits per heavy atom. The second kappa shape index (κ2) is 10.6. The van der Waals surface area contributed by atoms with Crippen molar-refractivity contribution in [2.24, 2.45) is 0 Å². The van der Waals surface area contributed by atoms with E-state index < -0.39 is 22.0 Å². The van der Waals surface area contributed by atoms with Crippen LogP contribution in [0.4, 0.5) is 5.69 Å². The lowest BCUT2D eigenvalue weighted by atomic mass is 10.2. The second-order valence-corrected chi connectivity index (χ2v) is 9.46. The van der Waals surface area contributed by atoms with Gasteiger partial charge in [0.25, 0.3) is 15.9 Å². The van der Waals surface area contributed by atoms with Gasteiger partial charge < -0.3 is 24.3 Å². The number of carbonyl (C=O) groups excluding carboxylic acids is 1. The number of fused-ring (bicyclic) bond motifs is 1. The summed E-state index contributed by atoms with van der Waals surface area (Å²) in [7, 11) is -0.860. The molecule has 0 radical (unpaired) electrons. The molecule has 0 spiro atoms. The van der Waals surface area contributed by atoms with Crippen LogP contribution in [0.15, 0.2) is 77.7 Å². The van der Waals surface area contributed by atoms with E-state index in [9.17, 15) is 13.2 Å². The number of benzene rings is 3. The van der Waals surface area contributed by atoms with Gasteiger partial charge in [0.15, 0.2) is 6.10 Å². The molecule has 1 atom stereocenters. The minimum Gasteiger partial charge on any atom is -0.497 e. The van der Waals surface area contributed by atoms with Crippen LogP contribution in [0.5, 0.6) is 23.0 Å². The third-order valence-electron chi connectivity index (χ3n) is 5.40. The van der Waals surface area contributed by atoms with Crippen molar-refractivity contribution in [1.29, 1.82) is 0 Å². The number of para-hydroxylation sites is 2. The van der Waals surface area contributed by atoms with Crippen LogP contribution in [0.25, 0.3) is 0 Å². The monoisotopic (exact) mass is 498 g/mol. The van der Waals surface area contributed by atoms with Crippen LogP contribution in [0, 0.1) is 0 Å². The van der Waals surface area contributed by atoms with Gasteiger partial charge in [-0.25, -0.2) is 8.42 Å². The molecule has 9 nitrogen and oxygen atoms in total. The zero-order chi connectivity index (χ0) is 24.8. The van der Waals surface area contributed by atoms with Crippen molar-refractivity contribution in [3.8, 4) is 23.0 Å². The SMILES string of the molecule is COc1ccc(OCCNC(=O)[C@@H]2CN(S(=O)(=O)c3ccc(OC)cc3)c3ccccc3O2)cc1.